The molecule has 0 aliphatic heterocycles. The smallest absolute Gasteiger partial charge is 0.138 e. The van der Waals surface area contributed by atoms with Crippen molar-refractivity contribution in [2.45, 2.75) is 0 Å². The predicted molar refractivity (Wildman–Crippen MR) is 192 cm³/mol. The molecule has 0 N–H and O–H groups in total. The van der Waals surface area contributed by atoms with Crippen LogP contribution in [0.15, 0.2) is 161 Å². The number of aromatic nitrogens is 2. The fourth-order valence-electron chi connectivity index (χ4n) is 7.05. The Bertz CT molecular complexity index is 2830. The van der Waals surface area contributed by atoms with Crippen LogP contribution in [0.1, 0.15) is 0 Å². The third-order valence-corrected chi connectivity index (χ3v) is 9.21. The largest absolute Gasteiger partial charge is 0.456 e. The highest BCUT2D eigenvalue weighted by atomic mass is 16.3. The van der Waals surface area contributed by atoms with Crippen molar-refractivity contribution in [2.75, 3.05) is 4.90 Å². The van der Waals surface area contributed by atoms with Crippen LogP contribution < -0.4 is 4.90 Å². The molecule has 6 aromatic carbocycles. The monoisotopic (exact) mass is 603 g/mol. The summed E-state index contributed by atoms with van der Waals surface area (Å²) < 4.78 is 12.5. The highest BCUT2D eigenvalue weighted by Gasteiger charge is 2.19. The number of hydrogen-bond acceptors (Lipinski definition) is 5. The van der Waals surface area contributed by atoms with Gasteiger partial charge in [-0.25, -0.2) is 0 Å². The Morgan fingerprint density at radius 3 is 1.91 bits per heavy atom. The van der Waals surface area contributed by atoms with Crippen molar-refractivity contribution in [1.82, 2.24) is 9.97 Å². The Kier molecular flexibility index (Phi) is 5.51. The predicted octanol–water partition coefficient (Wildman–Crippen LogP) is 11.7. The lowest BCUT2D eigenvalue weighted by molar-refractivity contribution is 0.668. The Balaban J connectivity index is 1.21. The van der Waals surface area contributed by atoms with Gasteiger partial charge in [0.05, 0.1) is 0 Å². The zero-order chi connectivity index (χ0) is 30.9. The average molecular weight is 604 g/mol. The molecule has 0 fully saturated rings. The van der Waals surface area contributed by atoms with E-state index in [1.165, 1.54) is 27.1 Å². The van der Waals surface area contributed by atoms with Crippen LogP contribution in [-0.4, -0.2) is 9.97 Å². The summed E-state index contributed by atoms with van der Waals surface area (Å²) in [6.07, 6.45) is 7.26. The maximum absolute atomic E-state index is 6.32. The molecule has 0 aliphatic carbocycles. The SMILES string of the molecule is c1cc(-c2cc3ccccc3c3ccccc23)cc(N(c2ccc3c(c2)oc2ccncc23)c2ccc3oc4ccncc4c3c2)c1. The molecule has 10 rings (SSSR count). The molecule has 0 bridgehead atoms. The van der Waals surface area contributed by atoms with E-state index in [1.54, 1.807) is 12.4 Å². The Morgan fingerprint density at radius 2 is 1.06 bits per heavy atom. The molecule has 0 saturated carbocycles. The summed E-state index contributed by atoms with van der Waals surface area (Å²) in [4.78, 5) is 11.0. The molecule has 4 aromatic heterocycles. The second-order valence-electron chi connectivity index (χ2n) is 11.9. The summed E-state index contributed by atoms with van der Waals surface area (Å²) in [6, 6.07) is 45.0. The van der Waals surface area contributed by atoms with Crippen molar-refractivity contribution in [2.24, 2.45) is 0 Å². The molecule has 0 spiro atoms. The van der Waals surface area contributed by atoms with E-state index in [9.17, 15) is 0 Å². The Morgan fingerprint density at radius 1 is 0.404 bits per heavy atom. The van der Waals surface area contributed by atoms with Gasteiger partial charge in [0.2, 0.25) is 0 Å². The zero-order valence-electron chi connectivity index (χ0n) is 25.1. The van der Waals surface area contributed by atoms with Crippen molar-refractivity contribution in [3.8, 4) is 11.1 Å². The number of nitrogens with zero attached hydrogens (tertiary/aromatic N) is 3. The topological polar surface area (TPSA) is 55.3 Å². The maximum Gasteiger partial charge on any atom is 0.138 e. The van der Waals surface area contributed by atoms with Gasteiger partial charge in [-0.3, -0.25) is 9.97 Å². The lowest BCUT2D eigenvalue weighted by atomic mass is 9.93. The van der Waals surface area contributed by atoms with Gasteiger partial charge in [-0.05, 0) is 93.3 Å². The van der Waals surface area contributed by atoms with Gasteiger partial charge in [0.1, 0.15) is 22.3 Å². The summed E-state index contributed by atoms with van der Waals surface area (Å²) in [5, 5.41) is 9.00. The molecule has 10 aromatic rings. The summed E-state index contributed by atoms with van der Waals surface area (Å²) in [7, 11) is 0. The molecule has 0 atom stereocenters. The molecule has 47 heavy (non-hydrogen) atoms. The number of hydrogen-bond donors (Lipinski definition) is 0. The summed E-state index contributed by atoms with van der Waals surface area (Å²) >= 11 is 0. The van der Waals surface area contributed by atoms with Gasteiger partial charge in [0, 0.05) is 69.5 Å². The highest BCUT2D eigenvalue weighted by Crippen LogP contribution is 2.43. The molecular formula is C42H25N3O2. The van der Waals surface area contributed by atoms with E-state index in [0.717, 1.165) is 66.5 Å². The molecule has 0 amide bonds. The highest BCUT2D eigenvalue weighted by molar-refractivity contribution is 6.14. The van der Waals surface area contributed by atoms with Gasteiger partial charge in [0.25, 0.3) is 0 Å². The molecule has 220 valence electrons. The van der Waals surface area contributed by atoms with E-state index in [2.05, 4.69) is 124 Å². The van der Waals surface area contributed by atoms with Gasteiger partial charge in [-0.2, -0.15) is 0 Å². The van der Waals surface area contributed by atoms with E-state index in [1.807, 2.05) is 30.6 Å². The molecule has 0 aliphatic rings. The molecule has 4 heterocycles. The second kappa shape index (κ2) is 10.0. The van der Waals surface area contributed by atoms with Crippen LogP contribution in [0.25, 0.3) is 76.5 Å². The number of rotatable bonds is 4. The van der Waals surface area contributed by atoms with Crippen LogP contribution in [0.5, 0.6) is 0 Å². The van der Waals surface area contributed by atoms with Gasteiger partial charge in [-0.1, -0.05) is 60.7 Å². The summed E-state index contributed by atoms with van der Waals surface area (Å²) in [5.74, 6) is 0. The van der Waals surface area contributed by atoms with Crippen molar-refractivity contribution < 1.29 is 8.83 Å². The first kappa shape index (κ1) is 25.8. The Labute approximate surface area is 268 Å². The zero-order valence-corrected chi connectivity index (χ0v) is 25.1. The normalized spacial score (nSPS) is 11.8. The first-order chi connectivity index (χ1) is 23.3. The Hall–Kier alpha value is -6.46. The molecule has 5 nitrogen and oxygen atoms in total. The standard InChI is InChI=1S/C42H25N3O2/c1-2-9-31-27(6-1)21-35(33-11-4-3-10-32(31)33)26-7-5-8-28(20-26)45(29-13-15-39-36(22-29)38-25-44-19-17-41(38)46-39)30-12-14-34-37-24-43-18-16-40(37)47-42(34)23-30/h1-25H. The molecule has 5 heteroatoms. The van der Waals surface area contributed by atoms with Crippen LogP contribution >= 0.6 is 0 Å². The average Bonchev–Trinajstić information content (AvgIpc) is 3.69. The molecule has 0 saturated heterocycles. The van der Waals surface area contributed by atoms with Crippen LogP contribution in [0.4, 0.5) is 17.1 Å². The van der Waals surface area contributed by atoms with E-state index in [4.69, 9.17) is 8.83 Å². The number of benzene rings is 6. The maximum atomic E-state index is 6.32. The molecule has 0 radical (unpaired) electrons. The van der Waals surface area contributed by atoms with E-state index in [-0.39, 0.29) is 0 Å². The number of fused-ring (bicyclic) bond motifs is 9. The first-order valence-corrected chi connectivity index (χ1v) is 15.6. The van der Waals surface area contributed by atoms with Gasteiger partial charge in [0.15, 0.2) is 0 Å². The lowest BCUT2D eigenvalue weighted by Crippen LogP contribution is -2.10. The van der Waals surface area contributed by atoms with Crippen LogP contribution in [0.2, 0.25) is 0 Å². The van der Waals surface area contributed by atoms with Crippen molar-refractivity contribution in [1.29, 1.82) is 0 Å². The minimum absolute atomic E-state index is 0.811. The van der Waals surface area contributed by atoms with Crippen LogP contribution in [0, 0.1) is 0 Å². The second-order valence-corrected chi connectivity index (χ2v) is 11.9. The van der Waals surface area contributed by atoms with Gasteiger partial charge >= 0.3 is 0 Å². The minimum Gasteiger partial charge on any atom is -0.456 e. The van der Waals surface area contributed by atoms with Crippen LogP contribution in [-0.2, 0) is 0 Å². The van der Waals surface area contributed by atoms with Crippen molar-refractivity contribution in [3.05, 3.63) is 152 Å². The van der Waals surface area contributed by atoms with E-state index in [0.29, 0.717) is 0 Å². The molecular weight excluding hydrogens is 578 g/mol. The van der Waals surface area contributed by atoms with E-state index >= 15 is 0 Å². The lowest BCUT2D eigenvalue weighted by Gasteiger charge is -2.26. The quantitative estimate of drug-likeness (QED) is 0.187. The van der Waals surface area contributed by atoms with Gasteiger partial charge < -0.3 is 13.7 Å². The first-order valence-electron chi connectivity index (χ1n) is 15.6. The van der Waals surface area contributed by atoms with Crippen molar-refractivity contribution in [3.63, 3.8) is 0 Å². The number of pyridine rings is 2. The fourth-order valence-corrected chi connectivity index (χ4v) is 7.05. The van der Waals surface area contributed by atoms with Crippen LogP contribution in [0.3, 0.4) is 0 Å². The van der Waals surface area contributed by atoms with Crippen molar-refractivity contribution >= 4 is 82.5 Å². The van der Waals surface area contributed by atoms with Gasteiger partial charge in [-0.15, -0.1) is 0 Å². The molecule has 0 unspecified atom stereocenters. The minimum atomic E-state index is 0.811. The third-order valence-electron chi connectivity index (χ3n) is 9.21. The fraction of sp³-hybridized carbons (Fsp3) is 0. The summed E-state index contributed by atoms with van der Waals surface area (Å²) in [6.45, 7) is 0. The number of furan rings is 2. The third kappa shape index (κ3) is 4.03. The number of anilines is 3. The summed E-state index contributed by atoms with van der Waals surface area (Å²) in [5.41, 5.74) is 8.63. The van der Waals surface area contributed by atoms with E-state index < -0.39 is 0 Å².